The van der Waals surface area contributed by atoms with Crippen LogP contribution in [0.2, 0.25) is 5.02 Å². The summed E-state index contributed by atoms with van der Waals surface area (Å²) in [6.07, 6.45) is 3.02. The highest BCUT2D eigenvalue weighted by Crippen LogP contribution is 2.36. The fraction of sp³-hybridized carbons (Fsp3) is 0.231. The molecule has 0 atom stereocenters. The van der Waals surface area contributed by atoms with Crippen molar-refractivity contribution in [2.24, 2.45) is 5.73 Å². The molecular formula is C13H14ClNO4. The summed E-state index contributed by atoms with van der Waals surface area (Å²) >= 11 is 6.04. The Hall–Kier alpha value is -2.01. The van der Waals surface area contributed by atoms with Crippen LogP contribution in [0.15, 0.2) is 18.2 Å². The predicted octanol–water partition coefficient (Wildman–Crippen LogP) is 1.81. The number of methoxy groups -OCH3 is 1. The van der Waals surface area contributed by atoms with Gasteiger partial charge in [0.15, 0.2) is 23.9 Å². The molecule has 0 saturated carbocycles. The van der Waals surface area contributed by atoms with Gasteiger partial charge < -0.3 is 15.2 Å². The third-order valence-electron chi connectivity index (χ3n) is 2.12. The quantitative estimate of drug-likeness (QED) is 0.808. The molecule has 102 valence electrons. The van der Waals surface area contributed by atoms with E-state index < -0.39 is 5.91 Å². The van der Waals surface area contributed by atoms with E-state index >= 15 is 0 Å². The van der Waals surface area contributed by atoms with Crippen molar-refractivity contribution in [1.82, 2.24) is 0 Å². The van der Waals surface area contributed by atoms with Crippen LogP contribution in [0, 0.1) is 0 Å². The number of primary amides is 1. The largest absolute Gasteiger partial charge is 0.493 e. The zero-order valence-corrected chi connectivity index (χ0v) is 11.4. The molecule has 6 heteroatoms. The van der Waals surface area contributed by atoms with Gasteiger partial charge in [-0.3, -0.25) is 9.59 Å². The molecule has 2 N–H and O–H groups in total. The topological polar surface area (TPSA) is 78.6 Å². The van der Waals surface area contributed by atoms with E-state index in [1.165, 1.54) is 20.1 Å². The standard InChI is InChI=1S/C13H14ClNO4/c1-8(16)3-4-9-5-10(14)13(11(6-9)18-2)19-7-12(15)17/h3-6H,7H2,1-2H3,(H2,15,17). The molecular weight excluding hydrogens is 270 g/mol. The molecule has 5 nitrogen and oxygen atoms in total. The Morgan fingerprint density at radius 2 is 2.11 bits per heavy atom. The van der Waals surface area contributed by atoms with E-state index in [-0.39, 0.29) is 23.2 Å². The first-order valence-electron chi connectivity index (χ1n) is 5.41. The lowest BCUT2D eigenvalue weighted by Crippen LogP contribution is -2.20. The van der Waals surface area contributed by atoms with Gasteiger partial charge in [-0.25, -0.2) is 0 Å². The highest BCUT2D eigenvalue weighted by atomic mass is 35.5. The first-order valence-corrected chi connectivity index (χ1v) is 5.79. The average molecular weight is 284 g/mol. The van der Waals surface area contributed by atoms with Crippen LogP contribution in [0.25, 0.3) is 6.08 Å². The summed E-state index contributed by atoms with van der Waals surface area (Å²) in [7, 11) is 1.45. The smallest absolute Gasteiger partial charge is 0.255 e. The van der Waals surface area contributed by atoms with Crippen molar-refractivity contribution in [3.05, 3.63) is 28.8 Å². The van der Waals surface area contributed by atoms with Gasteiger partial charge in [0.05, 0.1) is 12.1 Å². The fourth-order valence-electron chi connectivity index (χ4n) is 1.33. The molecule has 0 aliphatic rings. The summed E-state index contributed by atoms with van der Waals surface area (Å²) in [5.41, 5.74) is 5.68. The molecule has 0 aromatic heterocycles. The second-order valence-electron chi connectivity index (χ2n) is 3.73. The molecule has 0 heterocycles. The van der Waals surface area contributed by atoms with Gasteiger partial charge in [-0.2, -0.15) is 0 Å². The van der Waals surface area contributed by atoms with Gasteiger partial charge in [-0.15, -0.1) is 0 Å². The fourth-order valence-corrected chi connectivity index (χ4v) is 1.61. The number of benzene rings is 1. The molecule has 0 aliphatic heterocycles. The van der Waals surface area contributed by atoms with Crippen LogP contribution in [0.4, 0.5) is 0 Å². The highest BCUT2D eigenvalue weighted by molar-refractivity contribution is 6.32. The third kappa shape index (κ3) is 4.63. The van der Waals surface area contributed by atoms with Crippen LogP contribution in [-0.4, -0.2) is 25.4 Å². The maximum absolute atomic E-state index is 10.9. The van der Waals surface area contributed by atoms with Gasteiger partial charge in [-0.05, 0) is 30.7 Å². The zero-order valence-electron chi connectivity index (χ0n) is 10.6. The van der Waals surface area contributed by atoms with Crippen molar-refractivity contribution in [1.29, 1.82) is 0 Å². The number of ketones is 1. The second-order valence-corrected chi connectivity index (χ2v) is 4.14. The van der Waals surface area contributed by atoms with E-state index in [9.17, 15) is 9.59 Å². The van der Waals surface area contributed by atoms with E-state index in [1.54, 1.807) is 18.2 Å². The minimum Gasteiger partial charge on any atom is -0.493 e. The lowest BCUT2D eigenvalue weighted by atomic mass is 10.1. The summed E-state index contributed by atoms with van der Waals surface area (Å²) in [6.45, 7) is 1.15. The number of carbonyl (C=O) groups is 2. The molecule has 19 heavy (non-hydrogen) atoms. The Morgan fingerprint density at radius 1 is 1.42 bits per heavy atom. The Labute approximate surface area is 115 Å². The number of ether oxygens (including phenoxy) is 2. The SMILES string of the molecule is COc1cc(C=CC(C)=O)cc(Cl)c1OCC(N)=O. The average Bonchev–Trinajstić information content (AvgIpc) is 2.34. The molecule has 0 spiro atoms. The van der Waals surface area contributed by atoms with Crippen molar-refractivity contribution in [3.63, 3.8) is 0 Å². The number of allylic oxidation sites excluding steroid dienone is 1. The molecule has 1 aromatic rings. The van der Waals surface area contributed by atoms with Gasteiger partial charge in [-0.1, -0.05) is 17.7 Å². The Morgan fingerprint density at radius 3 is 2.63 bits per heavy atom. The maximum Gasteiger partial charge on any atom is 0.255 e. The normalized spacial score (nSPS) is 10.5. The molecule has 0 fully saturated rings. The van der Waals surface area contributed by atoms with Crippen molar-refractivity contribution in [2.75, 3.05) is 13.7 Å². The van der Waals surface area contributed by atoms with Crippen molar-refractivity contribution in [3.8, 4) is 11.5 Å². The number of nitrogens with two attached hydrogens (primary N) is 1. The molecule has 0 saturated heterocycles. The summed E-state index contributed by atoms with van der Waals surface area (Å²) in [5.74, 6) is -0.0947. The van der Waals surface area contributed by atoms with Crippen LogP contribution in [0.3, 0.4) is 0 Å². The second kappa shape index (κ2) is 6.80. The highest BCUT2D eigenvalue weighted by Gasteiger charge is 2.12. The number of amides is 1. The van der Waals surface area contributed by atoms with Crippen molar-refractivity contribution in [2.45, 2.75) is 6.92 Å². The first kappa shape index (κ1) is 15.0. The van der Waals surface area contributed by atoms with Crippen LogP contribution < -0.4 is 15.2 Å². The summed E-state index contributed by atoms with van der Waals surface area (Å²) in [6, 6.07) is 3.24. The molecule has 1 aromatic carbocycles. The van der Waals surface area contributed by atoms with Crippen molar-refractivity contribution < 1.29 is 19.1 Å². The third-order valence-corrected chi connectivity index (χ3v) is 2.40. The van der Waals surface area contributed by atoms with E-state index in [4.69, 9.17) is 26.8 Å². The molecule has 0 radical (unpaired) electrons. The van der Waals surface area contributed by atoms with Gasteiger partial charge in [0, 0.05) is 0 Å². The number of hydrogen-bond donors (Lipinski definition) is 1. The van der Waals surface area contributed by atoms with E-state index in [1.807, 2.05) is 0 Å². The Balaban J connectivity index is 3.07. The minimum absolute atomic E-state index is 0.0795. The predicted molar refractivity (Wildman–Crippen MR) is 72.4 cm³/mol. The number of halogens is 1. The molecule has 0 unspecified atom stereocenters. The number of rotatable bonds is 6. The minimum atomic E-state index is -0.612. The first-order chi connectivity index (χ1) is 8.93. The van der Waals surface area contributed by atoms with E-state index in [0.717, 1.165) is 0 Å². The molecule has 1 amide bonds. The maximum atomic E-state index is 10.9. The summed E-state index contributed by atoms with van der Waals surface area (Å²) < 4.78 is 10.3. The summed E-state index contributed by atoms with van der Waals surface area (Å²) in [5, 5.41) is 0.267. The number of hydrogen-bond acceptors (Lipinski definition) is 4. The van der Waals surface area contributed by atoms with Gasteiger partial charge in [0.1, 0.15) is 0 Å². The molecule has 0 aliphatic carbocycles. The monoisotopic (exact) mass is 283 g/mol. The van der Waals surface area contributed by atoms with Gasteiger partial charge in [0.25, 0.3) is 5.91 Å². The van der Waals surface area contributed by atoms with Crippen LogP contribution >= 0.6 is 11.6 Å². The van der Waals surface area contributed by atoms with Gasteiger partial charge >= 0.3 is 0 Å². The number of carbonyl (C=O) groups excluding carboxylic acids is 2. The van der Waals surface area contributed by atoms with Gasteiger partial charge in [0.2, 0.25) is 0 Å². The molecule has 0 bridgehead atoms. The van der Waals surface area contributed by atoms with Crippen molar-refractivity contribution >= 4 is 29.4 Å². The lowest BCUT2D eigenvalue weighted by molar-refractivity contribution is -0.120. The summed E-state index contributed by atoms with van der Waals surface area (Å²) in [4.78, 5) is 21.6. The van der Waals surface area contributed by atoms with Crippen LogP contribution in [0.1, 0.15) is 12.5 Å². The Kier molecular flexibility index (Phi) is 5.38. The zero-order chi connectivity index (χ0) is 14.4. The van der Waals surface area contributed by atoms with Crippen LogP contribution in [0.5, 0.6) is 11.5 Å². The Bertz CT molecular complexity index is 526. The lowest BCUT2D eigenvalue weighted by Gasteiger charge is -2.12. The van der Waals surface area contributed by atoms with E-state index in [2.05, 4.69) is 0 Å². The van der Waals surface area contributed by atoms with Crippen LogP contribution in [-0.2, 0) is 9.59 Å². The molecule has 1 rings (SSSR count). The van der Waals surface area contributed by atoms with E-state index in [0.29, 0.717) is 11.3 Å².